The van der Waals surface area contributed by atoms with Crippen molar-refractivity contribution in [2.75, 3.05) is 38.1 Å². The van der Waals surface area contributed by atoms with Crippen molar-refractivity contribution in [1.29, 1.82) is 0 Å². The zero-order valence-electron chi connectivity index (χ0n) is 15.3. The van der Waals surface area contributed by atoms with Gasteiger partial charge in [0.25, 0.3) is 0 Å². The van der Waals surface area contributed by atoms with E-state index in [-0.39, 0.29) is 18.0 Å². The fourth-order valence-electron chi connectivity index (χ4n) is 2.77. The van der Waals surface area contributed by atoms with E-state index in [9.17, 15) is 13.2 Å². The predicted molar refractivity (Wildman–Crippen MR) is 108 cm³/mol. The van der Waals surface area contributed by atoms with E-state index in [0.29, 0.717) is 30.7 Å². The van der Waals surface area contributed by atoms with Gasteiger partial charge in [-0.15, -0.1) is 11.3 Å². The van der Waals surface area contributed by atoms with Crippen LogP contribution in [0.25, 0.3) is 0 Å². The van der Waals surface area contributed by atoms with E-state index in [1.165, 1.54) is 20.5 Å². The van der Waals surface area contributed by atoms with E-state index >= 15 is 0 Å². The molecule has 1 N–H and O–H groups in total. The third-order valence-corrected chi connectivity index (χ3v) is 7.28. The van der Waals surface area contributed by atoms with Gasteiger partial charge in [-0.2, -0.15) is 4.31 Å². The molecule has 0 aliphatic carbocycles. The molecule has 1 aromatic carbocycles. The molecule has 1 saturated heterocycles. The first-order valence-electron chi connectivity index (χ1n) is 8.76. The van der Waals surface area contributed by atoms with Crippen molar-refractivity contribution in [2.45, 2.75) is 18.4 Å². The molecule has 0 radical (unpaired) electrons. The van der Waals surface area contributed by atoms with Crippen LogP contribution in [0.2, 0.25) is 4.47 Å². The average Bonchev–Trinajstić information content (AvgIpc) is 3.12. The van der Waals surface area contributed by atoms with E-state index in [1.807, 2.05) is 0 Å². The van der Waals surface area contributed by atoms with Gasteiger partial charge in [-0.25, -0.2) is 18.2 Å². The predicted octanol–water partition coefficient (Wildman–Crippen LogP) is 2.87. The molecule has 1 aliphatic rings. The Labute approximate surface area is 173 Å². The lowest BCUT2D eigenvalue weighted by Crippen LogP contribution is -2.50. The number of hydrogen-bond donors (Lipinski definition) is 1. The highest BCUT2D eigenvalue weighted by Crippen LogP contribution is 2.22. The number of carbonyl (C=O) groups excluding carboxylic acids is 1. The van der Waals surface area contributed by atoms with Crippen LogP contribution in [0.15, 0.2) is 35.4 Å². The van der Waals surface area contributed by atoms with Gasteiger partial charge in [-0.3, -0.25) is 0 Å². The quantitative estimate of drug-likeness (QED) is 0.736. The molecule has 1 aromatic heterocycles. The molecule has 1 aliphatic heterocycles. The molecule has 11 heteroatoms. The number of anilines is 1. The Morgan fingerprint density at radius 3 is 2.50 bits per heavy atom. The standard InChI is InChI=1S/C17H21ClN4O4S2/c1-2-26-17(23)21-7-9-22(10-8-21)28(24,25)15-5-3-13(4-6-15)19-11-14-12-20-16(18)27-14/h3-6,12,19H,2,7-11H2,1H3. The summed E-state index contributed by atoms with van der Waals surface area (Å²) < 4.78 is 32.5. The van der Waals surface area contributed by atoms with Gasteiger partial charge in [0.05, 0.1) is 18.0 Å². The fourth-order valence-corrected chi connectivity index (χ4v) is 5.11. The molecule has 1 amide bonds. The Balaban J connectivity index is 1.58. The van der Waals surface area contributed by atoms with E-state index in [0.717, 1.165) is 10.6 Å². The molecular weight excluding hydrogens is 424 g/mol. The molecule has 8 nitrogen and oxygen atoms in total. The Bertz CT molecular complexity index is 909. The Morgan fingerprint density at radius 1 is 1.25 bits per heavy atom. The van der Waals surface area contributed by atoms with Crippen LogP contribution in [-0.2, 0) is 21.3 Å². The number of amides is 1. The molecule has 28 heavy (non-hydrogen) atoms. The minimum absolute atomic E-state index is 0.225. The molecule has 0 atom stereocenters. The molecule has 152 valence electrons. The topological polar surface area (TPSA) is 91.8 Å². The van der Waals surface area contributed by atoms with Crippen molar-refractivity contribution in [1.82, 2.24) is 14.2 Å². The van der Waals surface area contributed by atoms with Crippen molar-refractivity contribution < 1.29 is 17.9 Å². The third-order valence-electron chi connectivity index (χ3n) is 4.25. The maximum absolute atomic E-state index is 12.8. The molecule has 2 aromatic rings. The third kappa shape index (κ3) is 4.93. The van der Waals surface area contributed by atoms with Gasteiger partial charge < -0.3 is 15.0 Å². The zero-order chi connectivity index (χ0) is 20.1. The lowest BCUT2D eigenvalue weighted by molar-refractivity contribution is 0.0934. The maximum atomic E-state index is 12.8. The largest absolute Gasteiger partial charge is 0.450 e. The summed E-state index contributed by atoms with van der Waals surface area (Å²) in [4.78, 5) is 18.5. The van der Waals surface area contributed by atoms with Crippen molar-refractivity contribution >= 4 is 44.7 Å². The summed E-state index contributed by atoms with van der Waals surface area (Å²) in [7, 11) is -3.60. The van der Waals surface area contributed by atoms with E-state index < -0.39 is 16.1 Å². The highest BCUT2D eigenvalue weighted by Gasteiger charge is 2.30. The number of nitrogens with one attached hydrogen (secondary N) is 1. The van der Waals surface area contributed by atoms with Crippen molar-refractivity contribution in [2.24, 2.45) is 0 Å². The summed E-state index contributed by atoms with van der Waals surface area (Å²) in [6, 6.07) is 6.61. The first-order chi connectivity index (χ1) is 13.4. The number of thiazole rings is 1. The second kappa shape index (κ2) is 9.08. The molecular formula is C17H21ClN4O4S2. The number of nitrogens with zero attached hydrogens (tertiary/aromatic N) is 3. The lowest BCUT2D eigenvalue weighted by Gasteiger charge is -2.33. The second-order valence-electron chi connectivity index (χ2n) is 6.05. The average molecular weight is 445 g/mol. The fraction of sp³-hybridized carbons (Fsp3) is 0.412. The van der Waals surface area contributed by atoms with E-state index in [1.54, 1.807) is 37.4 Å². The number of ether oxygens (including phenoxy) is 1. The smallest absolute Gasteiger partial charge is 0.409 e. The minimum Gasteiger partial charge on any atom is -0.450 e. The molecule has 0 spiro atoms. The van der Waals surface area contributed by atoms with Crippen LogP contribution >= 0.6 is 22.9 Å². The number of hydrogen-bond acceptors (Lipinski definition) is 7. The first-order valence-corrected chi connectivity index (χ1v) is 11.4. The summed E-state index contributed by atoms with van der Waals surface area (Å²) >= 11 is 7.20. The van der Waals surface area contributed by atoms with Crippen LogP contribution in [0.1, 0.15) is 11.8 Å². The monoisotopic (exact) mass is 444 g/mol. The molecule has 0 bridgehead atoms. The van der Waals surface area contributed by atoms with Gasteiger partial charge in [-0.1, -0.05) is 11.6 Å². The molecule has 3 rings (SSSR count). The van der Waals surface area contributed by atoms with Crippen molar-refractivity contribution in [3.05, 3.63) is 39.8 Å². The molecule has 0 unspecified atom stereocenters. The first kappa shape index (κ1) is 20.8. The molecule has 2 heterocycles. The maximum Gasteiger partial charge on any atom is 0.409 e. The normalized spacial score (nSPS) is 15.4. The molecule has 0 saturated carbocycles. The van der Waals surface area contributed by atoms with Gasteiger partial charge in [0.2, 0.25) is 10.0 Å². The second-order valence-corrected chi connectivity index (χ2v) is 9.68. The van der Waals surface area contributed by atoms with Gasteiger partial charge in [-0.05, 0) is 31.2 Å². The van der Waals surface area contributed by atoms with Gasteiger partial charge in [0.1, 0.15) is 0 Å². The summed E-state index contributed by atoms with van der Waals surface area (Å²) in [5, 5.41) is 3.21. The summed E-state index contributed by atoms with van der Waals surface area (Å²) in [6.07, 6.45) is 1.30. The van der Waals surface area contributed by atoms with Crippen LogP contribution in [-0.4, -0.2) is 61.5 Å². The summed E-state index contributed by atoms with van der Waals surface area (Å²) in [5.41, 5.74) is 0.801. The number of benzene rings is 1. The van der Waals surface area contributed by atoms with Gasteiger partial charge in [0, 0.05) is 42.9 Å². The van der Waals surface area contributed by atoms with Crippen LogP contribution in [0.4, 0.5) is 10.5 Å². The van der Waals surface area contributed by atoms with Crippen molar-refractivity contribution in [3.8, 4) is 0 Å². The Morgan fingerprint density at radius 2 is 1.93 bits per heavy atom. The highest BCUT2D eigenvalue weighted by molar-refractivity contribution is 7.89. The van der Waals surface area contributed by atoms with Gasteiger partial charge >= 0.3 is 6.09 Å². The lowest BCUT2D eigenvalue weighted by atomic mass is 10.3. The zero-order valence-corrected chi connectivity index (χ0v) is 17.7. The summed E-state index contributed by atoms with van der Waals surface area (Å²) in [6.45, 7) is 3.72. The number of piperazine rings is 1. The van der Waals surface area contributed by atoms with Crippen LogP contribution < -0.4 is 5.32 Å². The number of rotatable bonds is 6. The van der Waals surface area contributed by atoms with Crippen LogP contribution in [0.5, 0.6) is 0 Å². The van der Waals surface area contributed by atoms with Gasteiger partial charge in [0.15, 0.2) is 4.47 Å². The SMILES string of the molecule is CCOC(=O)N1CCN(S(=O)(=O)c2ccc(NCc3cnc(Cl)s3)cc2)CC1. The minimum atomic E-state index is -3.60. The van der Waals surface area contributed by atoms with Crippen LogP contribution in [0.3, 0.4) is 0 Å². The van der Waals surface area contributed by atoms with E-state index in [4.69, 9.17) is 16.3 Å². The molecule has 1 fully saturated rings. The van der Waals surface area contributed by atoms with E-state index in [2.05, 4.69) is 10.3 Å². The number of carbonyl (C=O) groups is 1. The van der Waals surface area contributed by atoms with Crippen molar-refractivity contribution in [3.63, 3.8) is 0 Å². The number of halogens is 1. The number of aromatic nitrogens is 1. The summed E-state index contributed by atoms with van der Waals surface area (Å²) in [5.74, 6) is 0. The Kier molecular flexibility index (Phi) is 6.76. The van der Waals surface area contributed by atoms with Crippen LogP contribution in [0, 0.1) is 0 Å². The number of sulfonamides is 1. The highest BCUT2D eigenvalue weighted by atomic mass is 35.5. The Hall–Kier alpha value is -1.88.